The van der Waals surface area contributed by atoms with Crippen molar-refractivity contribution >= 4 is 0 Å². The number of hydrogen-bond donors (Lipinski definition) is 1. The van der Waals surface area contributed by atoms with Crippen molar-refractivity contribution in [1.82, 2.24) is 0 Å². The van der Waals surface area contributed by atoms with Crippen molar-refractivity contribution in [3.8, 4) is 0 Å². The quantitative estimate of drug-likeness (QED) is 0.833. The van der Waals surface area contributed by atoms with Crippen LogP contribution in [0.15, 0.2) is 30.3 Å². The molecule has 1 fully saturated rings. The second kappa shape index (κ2) is 4.53. The van der Waals surface area contributed by atoms with Crippen molar-refractivity contribution in [3.63, 3.8) is 0 Å². The number of aliphatic hydroxyl groups excluding tert-OH is 1. The van der Waals surface area contributed by atoms with E-state index in [2.05, 4.69) is 0 Å². The minimum atomic E-state index is -0.427. The number of benzene rings is 1. The fourth-order valence-corrected chi connectivity index (χ4v) is 1.67. The molecule has 1 saturated heterocycles. The molecule has 0 aliphatic carbocycles. The van der Waals surface area contributed by atoms with E-state index in [-0.39, 0.29) is 11.7 Å². The molecule has 0 radical (unpaired) electrons. The minimum Gasteiger partial charge on any atom is -0.393 e. The Kier molecular flexibility index (Phi) is 3.28. The number of ether oxygens (including phenoxy) is 2. The maximum Gasteiger partial charge on any atom is 0.183 e. The molecular weight excluding hydrogens is 204 g/mol. The SMILES string of the molecule is CC(O)C1(C)COC(c2ccccc2)OC1. The molecule has 0 amide bonds. The summed E-state index contributed by atoms with van der Waals surface area (Å²) in [5, 5.41) is 9.63. The van der Waals surface area contributed by atoms with Crippen LogP contribution in [0.5, 0.6) is 0 Å². The van der Waals surface area contributed by atoms with Gasteiger partial charge in [-0.2, -0.15) is 0 Å². The van der Waals surface area contributed by atoms with Crippen LogP contribution in [0, 0.1) is 5.41 Å². The second-order valence-corrected chi connectivity index (χ2v) is 4.69. The zero-order valence-corrected chi connectivity index (χ0v) is 9.72. The molecule has 0 spiro atoms. The van der Waals surface area contributed by atoms with E-state index >= 15 is 0 Å². The fourth-order valence-electron chi connectivity index (χ4n) is 1.67. The van der Waals surface area contributed by atoms with Gasteiger partial charge in [0.15, 0.2) is 6.29 Å². The summed E-state index contributed by atoms with van der Waals surface area (Å²) in [4.78, 5) is 0. The van der Waals surface area contributed by atoms with E-state index < -0.39 is 6.10 Å². The first-order chi connectivity index (χ1) is 7.62. The highest BCUT2D eigenvalue weighted by Crippen LogP contribution is 2.33. The van der Waals surface area contributed by atoms with E-state index in [1.54, 1.807) is 6.92 Å². The summed E-state index contributed by atoms with van der Waals surface area (Å²) in [7, 11) is 0. The first-order valence-corrected chi connectivity index (χ1v) is 5.58. The summed E-state index contributed by atoms with van der Waals surface area (Å²) in [5.74, 6) is 0. The Morgan fingerprint density at radius 2 is 1.81 bits per heavy atom. The molecule has 0 bridgehead atoms. The lowest BCUT2D eigenvalue weighted by Gasteiger charge is -2.39. The van der Waals surface area contributed by atoms with E-state index in [0.717, 1.165) is 5.56 Å². The highest BCUT2D eigenvalue weighted by molar-refractivity contribution is 5.16. The minimum absolute atomic E-state index is 0.298. The van der Waals surface area contributed by atoms with Crippen LogP contribution in [0.4, 0.5) is 0 Å². The summed E-state index contributed by atoms with van der Waals surface area (Å²) in [6, 6.07) is 9.85. The molecule has 1 aliphatic heterocycles. The molecule has 88 valence electrons. The number of rotatable bonds is 2. The predicted molar refractivity (Wildman–Crippen MR) is 60.9 cm³/mol. The number of aliphatic hydroxyl groups is 1. The van der Waals surface area contributed by atoms with E-state index in [4.69, 9.17) is 9.47 Å². The molecule has 0 saturated carbocycles. The third kappa shape index (κ3) is 2.26. The topological polar surface area (TPSA) is 38.7 Å². The Balaban J connectivity index is 2.01. The molecule has 0 aromatic heterocycles. The van der Waals surface area contributed by atoms with E-state index in [1.165, 1.54) is 0 Å². The molecule has 1 heterocycles. The largest absolute Gasteiger partial charge is 0.393 e. The zero-order valence-electron chi connectivity index (χ0n) is 9.72. The Morgan fingerprint density at radius 1 is 1.25 bits per heavy atom. The Hall–Kier alpha value is -0.900. The monoisotopic (exact) mass is 222 g/mol. The molecule has 1 aromatic carbocycles. The summed E-state index contributed by atoms with van der Waals surface area (Å²) in [6.07, 6.45) is -0.725. The van der Waals surface area contributed by atoms with Crippen LogP contribution in [-0.2, 0) is 9.47 Å². The van der Waals surface area contributed by atoms with Gasteiger partial charge in [0.05, 0.1) is 19.3 Å². The fraction of sp³-hybridized carbons (Fsp3) is 0.538. The van der Waals surface area contributed by atoms with Crippen LogP contribution in [0.1, 0.15) is 25.7 Å². The van der Waals surface area contributed by atoms with Gasteiger partial charge in [0.1, 0.15) is 0 Å². The van der Waals surface area contributed by atoms with Gasteiger partial charge in [0.2, 0.25) is 0 Å². The van der Waals surface area contributed by atoms with Gasteiger partial charge in [-0.25, -0.2) is 0 Å². The standard InChI is InChI=1S/C13H18O3/c1-10(14)13(2)8-15-12(16-9-13)11-6-4-3-5-7-11/h3-7,10,12,14H,8-9H2,1-2H3. The maximum absolute atomic E-state index is 9.63. The predicted octanol–water partition coefficient (Wildman–Crippen LogP) is 2.12. The molecule has 1 unspecified atom stereocenters. The van der Waals surface area contributed by atoms with Gasteiger partial charge >= 0.3 is 0 Å². The highest BCUT2D eigenvalue weighted by Gasteiger charge is 2.37. The van der Waals surface area contributed by atoms with E-state index in [9.17, 15) is 5.11 Å². The average molecular weight is 222 g/mol. The third-order valence-electron chi connectivity index (χ3n) is 3.21. The van der Waals surface area contributed by atoms with Gasteiger partial charge < -0.3 is 14.6 Å². The summed E-state index contributed by atoms with van der Waals surface area (Å²) >= 11 is 0. The summed E-state index contributed by atoms with van der Waals surface area (Å²) in [5.41, 5.74) is 0.723. The van der Waals surface area contributed by atoms with Crippen LogP contribution >= 0.6 is 0 Å². The van der Waals surface area contributed by atoms with Crippen LogP contribution in [0.3, 0.4) is 0 Å². The van der Waals surface area contributed by atoms with Gasteiger partial charge in [-0.3, -0.25) is 0 Å². The van der Waals surface area contributed by atoms with Gasteiger partial charge in [0, 0.05) is 11.0 Å². The van der Waals surface area contributed by atoms with Gasteiger partial charge in [-0.05, 0) is 6.92 Å². The first-order valence-electron chi connectivity index (χ1n) is 5.58. The van der Waals surface area contributed by atoms with Crippen molar-refractivity contribution in [2.24, 2.45) is 5.41 Å². The van der Waals surface area contributed by atoms with Crippen molar-refractivity contribution in [1.29, 1.82) is 0 Å². The first kappa shape index (κ1) is 11.6. The van der Waals surface area contributed by atoms with Crippen molar-refractivity contribution < 1.29 is 14.6 Å². The Morgan fingerprint density at radius 3 is 2.31 bits per heavy atom. The zero-order chi connectivity index (χ0) is 11.6. The lowest BCUT2D eigenvalue weighted by molar-refractivity contribution is -0.247. The second-order valence-electron chi connectivity index (χ2n) is 4.69. The van der Waals surface area contributed by atoms with E-state index in [1.807, 2.05) is 37.3 Å². The Labute approximate surface area is 96.0 Å². The van der Waals surface area contributed by atoms with E-state index in [0.29, 0.717) is 13.2 Å². The van der Waals surface area contributed by atoms with Crippen molar-refractivity contribution in [3.05, 3.63) is 35.9 Å². The lowest BCUT2D eigenvalue weighted by atomic mass is 9.86. The molecule has 1 N–H and O–H groups in total. The van der Waals surface area contributed by atoms with Crippen LogP contribution in [0.25, 0.3) is 0 Å². The van der Waals surface area contributed by atoms with Crippen molar-refractivity contribution in [2.75, 3.05) is 13.2 Å². The molecule has 16 heavy (non-hydrogen) atoms. The Bertz CT molecular complexity index is 326. The summed E-state index contributed by atoms with van der Waals surface area (Å²) < 4.78 is 11.3. The van der Waals surface area contributed by atoms with Crippen LogP contribution in [0.2, 0.25) is 0 Å². The molecule has 3 nitrogen and oxygen atoms in total. The van der Waals surface area contributed by atoms with Crippen LogP contribution in [-0.4, -0.2) is 24.4 Å². The average Bonchev–Trinajstić information content (AvgIpc) is 2.31. The highest BCUT2D eigenvalue weighted by atomic mass is 16.7. The van der Waals surface area contributed by atoms with Crippen molar-refractivity contribution in [2.45, 2.75) is 26.2 Å². The molecule has 1 aliphatic rings. The molecule has 1 aromatic rings. The molecule has 2 rings (SSSR count). The van der Waals surface area contributed by atoms with Gasteiger partial charge in [-0.15, -0.1) is 0 Å². The smallest absolute Gasteiger partial charge is 0.183 e. The number of hydrogen-bond acceptors (Lipinski definition) is 3. The van der Waals surface area contributed by atoms with Gasteiger partial charge in [0.25, 0.3) is 0 Å². The van der Waals surface area contributed by atoms with Crippen LogP contribution < -0.4 is 0 Å². The third-order valence-corrected chi connectivity index (χ3v) is 3.21. The summed E-state index contributed by atoms with van der Waals surface area (Å²) in [6.45, 7) is 4.78. The molecular formula is C13H18O3. The molecule has 3 heteroatoms. The normalized spacial score (nSPS) is 32.3. The lowest BCUT2D eigenvalue weighted by Crippen LogP contribution is -2.43. The molecule has 1 atom stereocenters. The maximum atomic E-state index is 9.63. The van der Waals surface area contributed by atoms with Gasteiger partial charge in [-0.1, -0.05) is 37.3 Å².